The first-order valence-corrected chi connectivity index (χ1v) is 3.19. The van der Waals surface area contributed by atoms with Crippen LogP contribution in [0.4, 0.5) is 13.2 Å². The minimum absolute atomic E-state index is 0.0590. The van der Waals surface area contributed by atoms with Crippen molar-refractivity contribution in [2.75, 3.05) is 7.05 Å². The number of rotatable bonds is 3. The number of terminal acetylenes is 1. The van der Waals surface area contributed by atoms with Crippen molar-refractivity contribution in [3.63, 3.8) is 0 Å². The van der Waals surface area contributed by atoms with Crippen molar-refractivity contribution in [3.8, 4) is 12.3 Å². The summed E-state index contributed by atoms with van der Waals surface area (Å²) in [6, 6.07) is -0.475. The molecule has 1 atom stereocenters. The minimum Gasteiger partial charge on any atom is -0.307 e. The maximum atomic E-state index is 11.6. The van der Waals surface area contributed by atoms with Crippen molar-refractivity contribution < 1.29 is 13.2 Å². The third-order valence-electron chi connectivity index (χ3n) is 1.27. The Morgan fingerprint density at radius 1 is 1.55 bits per heavy atom. The van der Waals surface area contributed by atoms with Crippen LogP contribution in [0.2, 0.25) is 0 Å². The average Bonchev–Trinajstić information content (AvgIpc) is 1.88. The van der Waals surface area contributed by atoms with E-state index in [4.69, 9.17) is 6.42 Å². The van der Waals surface area contributed by atoms with Crippen LogP contribution in [0.15, 0.2) is 0 Å². The topological polar surface area (TPSA) is 12.0 Å². The largest absolute Gasteiger partial charge is 0.389 e. The van der Waals surface area contributed by atoms with Crippen molar-refractivity contribution in [1.82, 2.24) is 5.32 Å². The maximum absolute atomic E-state index is 11.6. The standard InChI is InChI=1S/C7H10F3N/c1-3-6(11-2)4-5-7(8,9)10/h1,6,11H,4-5H2,2H3. The summed E-state index contributed by atoms with van der Waals surface area (Å²) >= 11 is 0. The zero-order valence-electron chi connectivity index (χ0n) is 6.20. The van der Waals surface area contributed by atoms with Gasteiger partial charge in [0.25, 0.3) is 0 Å². The summed E-state index contributed by atoms with van der Waals surface area (Å²) in [5, 5.41) is 2.59. The lowest BCUT2D eigenvalue weighted by molar-refractivity contribution is -0.135. The molecule has 11 heavy (non-hydrogen) atoms. The van der Waals surface area contributed by atoms with Crippen LogP contribution in [-0.4, -0.2) is 19.3 Å². The van der Waals surface area contributed by atoms with E-state index in [1.807, 2.05) is 0 Å². The van der Waals surface area contributed by atoms with Gasteiger partial charge in [0.15, 0.2) is 0 Å². The lowest BCUT2D eigenvalue weighted by Gasteiger charge is -2.10. The number of alkyl halides is 3. The van der Waals surface area contributed by atoms with Crippen molar-refractivity contribution in [1.29, 1.82) is 0 Å². The summed E-state index contributed by atoms with van der Waals surface area (Å²) < 4.78 is 34.8. The molecular weight excluding hydrogens is 155 g/mol. The van der Waals surface area contributed by atoms with Gasteiger partial charge in [-0.25, -0.2) is 0 Å². The van der Waals surface area contributed by atoms with Gasteiger partial charge in [0.05, 0.1) is 6.04 Å². The molecule has 0 bridgehead atoms. The Hall–Kier alpha value is -0.690. The highest BCUT2D eigenvalue weighted by Crippen LogP contribution is 2.21. The zero-order valence-corrected chi connectivity index (χ0v) is 6.20. The number of nitrogens with one attached hydrogen (secondary N) is 1. The Morgan fingerprint density at radius 3 is 2.36 bits per heavy atom. The lowest BCUT2D eigenvalue weighted by atomic mass is 10.1. The van der Waals surface area contributed by atoms with Gasteiger partial charge in [-0.3, -0.25) is 0 Å². The SMILES string of the molecule is C#CC(CCC(F)(F)F)NC. The number of hydrogen-bond acceptors (Lipinski definition) is 1. The summed E-state index contributed by atoms with van der Waals surface area (Å²) in [7, 11) is 1.54. The molecule has 0 fully saturated rings. The first-order valence-electron chi connectivity index (χ1n) is 3.19. The van der Waals surface area contributed by atoms with Crippen LogP contribution in [-0.2, 0) is 0 Å². The van der Waals surface area contributed by atoms with Gasteiger partial charge in [0.2, 0.25) is 0 Å². The van der Waals surface area contributed by atoms with Gasteiger partial charge in [0, 0.05) is 6.42 Å². The fraction of sp³-hybridized carbons (Fsp3) is 0.714. The van der Waals surface area contributed by atoms with E-state index >= 15 is 0 Å². The van der Waals surface area contributed by atoms with Crippen LogP contribution in [0.5, 0.6) is 0 Å². The van der Waals surface area contributed by atoms with Crippen LogP contribution in [0.3, 0.4) is 0 Å². The first-order chi connectivity index (χ1) is 4.99. The molecule has 0 saturated heterocycles. The molecule has 4 heteroatoms. The molecule has 0 aromatic heterocycles. The zero-order chi connectivity index (χ0) is 8.91. The van der Waals surface area contributed by atoms with Crippen LogP contribution in [0.1, 0.15) is 12.8 Å². The predicted octanol–water partition coefficient (Wildman–Crippen LogP) is 1.55. The smallest absolute Gasteiger partial charge is 0.307 e. The van der Waals surface area contributed by atoms with E-state index in [0.717, 1.165) is 0 Å². The summed E-state index contributed by atoms with van der Waals surface area (Å²) in [6.07, 6.45) is -0.0621. The Balaban J connectivity index is 3.62. The highest BCUT2D eigenvalue weighted by molar-refractivity contribution is 4.97. The molecule has 0 rings (SSSR count). The second-order valence-electron chi connectivity index (χ2n) is 2.16. The molecule has 0 aliphatic rings. The molecule has 0 aliphatic heterocycles. The van der Waals surface area contributed by atoms with Gasteiger partial charge >= 0.3 is 6.18 Å². The van der Waals surface area contributed by atoms with Gasteiger partial charge in [-0.2, -0.15) is 13.2 Å². The fourth-order valence-electron chi connectivity index (χ4n) is 0.619. The highest BCUT2D eigenvalue weighted by Gasteiger charge is 2.27. The summed E-state index contributed by atoms with van der Waals surface area (Å²) in [5.41, 5.74) is 0. The van der Waals surface area contributed by atoms with E-state index in [-0.39, 0.29) is 6.42 Å². The van der Waals surface area contributed by atoms with Gasteiger partial charge in [-0.05, 0) is 13.5 Å². The molecule has 64 valence electrons. The molecular formula is C7H10F3N. The monoisotopic (exact) mass is 165 g/mol. The Kier molecular flexibility index (Phi) is 3.98. The second-order valence-corrected chi connectivity index (χ2v) is 2.16. The van der Waals surface area contributed by atoms with Gasteiger partial charge < -0.3 is 5.32 Å². The number of halogens is 3. The molecule has 0 radical (unpaired) electrons. The van der Waals surface area contributed by atoms with Gasteiger partial charge in [0.1, 0.15) is 0 Å². The molecule has 0 heterocycles. The van der Waals surface area contributed by atoms with Crippen molar-refractivity contribution in [3.05, 3.63) is 0 Å². The molecule has 0 spiro atoms. The van der Waals surface area contributed by atoms with E-state index in [1.165, 1.54) is 0 Å². The predicted molar refractivity (Wildman–Crippen MR) is 37.0 cm³/mol. The summed E-state index contributed by atoms with van der Waals surface area (Å²) in [6.45, 7) is 0. The van der Waals surface area contributed by atoms with Gasteiger partial charge in [-0.15, -0.1) is 6.42 Å². The summed E-state index contributed by atoms with van der Waals surface area (Å²) in [4.78, 5) is 0. The fourth-order valence-corrected chi connectivity index (χ4v) is 0.619. The molecule has 1 unspecified atom stereocenters. The average molecular weight is 165 g/mol. The second kappa shape index (κ2) is 4.24. The van der Waals surface area contributed by atoms with Gasteiger partial charge in [-0.1, -0.05) is 5.92 Å². The highest BCUT2D eigenvalue weighted by atomic mass is 19.4. The molecule has 0 aromatic carbocycles. The van der Waals surface area contributed by atoms with E-state index < -0.39 is 18.6 Å². The molecule has 1 N–H and O–H groups in total. The molecule has 1 nitrogen and oxygen atoms in total. The summed E-state index contributed by atoms with van der Waals surface area (Å²) in [5.74, 6) is 2.21. The van der Waals surface area contributed by atoms with E-state index in [0.29, 0.717) is 0 Å². The molecule has 0 aromatic rings. The molecule has 0 aliphatic carbocycles. The number of hydrogen-bond donors (Lipinski definition) is 1. The Morgan fingerprint density at radius 2 is 2.09 bits per heavy atom. The van der Waals surface area contributed by atoms with Crippen LogP contribution in [0, 0.1) is 12.3 Å². The van der Waals surface area contributed by atoms with E-state index in [9.17, 15) is 13.2 Å². The van der Waals surface area contributed by atoms with Crippen molar-refractivity contribution in [2.24, 2.45) is 0 Å². The third kappa shape index (κ3) is 5.74. The molecule has 0 amide bonds. The Bertz CT molecular complexity index is 145. The third-order valence-corrected chi connectivity index (χ3v) is 1.27. The van der Waals surface area contributed by atoms with Crippen LogP contribution in [0.25, 0.3) is 0 Å². The molecule has 0 saturated carbocycles. The van der Waals surface area contributed by atoms with Crippen molar-refractivity contribution >= 4 is 0 Å². The van der Waals surface area contributed by atoms with E-state index in [1.54, 1.807) is 7.05 Å². The van der Waals surface area contributed by atoms with Crippen molar-refractivity contribution in [2.45, 2.75) is 25.1 Å². The minimum atomic E-state index is -4.11. The van der Waals surface area contributed by atoms with Crippen LogP contribution < -0.4 is 5.32 Å². The lowest BCUT2D eigenvalue weighted by Crippen LogP contribution is -2.25. The normalized spacial score (nSPS) is 14.1. The maximum Gasteiger partial charge on any atom is 0.389 e. The Labute approximate surface area is 64.0 Å². The first kappa shape index (κ1) is 10.3. The quantitative estimate of drug-likeness (QED) is 0.625. The van der Waals surface area contributed by atoms with Crippen LogP contribution >= 0.6 is 0 Å². The van der Waals surface area contributed by atoms with E-state index in [2.05, 4.69) is 11.2 Å².